The number of amides is 4. The largest absolute Gasteiger partial charge is 1.00 e. The number of halogens is 4. The molecule has 13 nitrogen and oxygen atoms in total. The molecule has 574 valence electrons. The van der Waals surface area contributed by atoms with Crippen molar-refractivity contribution in [2.24, 2.45) is 0 Å². The van der Waals surface area contributed by atoms with Gasteiger partial charge >= 0.3 is 18.9 Å². The normalized spacial score (nSPS) is 12.1. The second-order valence-electron chi connectivity index (χ2n) is 25.8. The first-order valence-electron chi connectivity index (χ1n) is 36.8. The molecule has 8 aromatic rings. The minimum atomic E-state index is -1.67. The van der Waals surface area contributed by atoms with Gasteiger partial charge in [0.25, 0.3) is 23.6 Å². The summed E-state index contributed by atoms with van der Waals surface area (Å²) >= 11 is 8.93. The van der Waals surface area contributed by atoms with Gasteiger partial charge in [-0.3, -0.25) is 28.9 Å². The maximum atomic E-state index is 12.6. The van der Waals surface area contributed by atoms with Crippen LogP contribution in [-0.4, -0.2) is 142 Å². The molecular formula is C88H115Cl3ILiN6O7S. The van der Waals surface area contributed by atoms with Crippen molar-refractivity contribution in [1.82, 2.24) is 29.8 Å². The van der Waals surface area contributed by atoms with Crippen LogP contribution in [0.1, 0.15) is 222 Å². The summed E-state index contributed by atoms with van der Waals surface area (Å²) < 4.78 is 10.4. The van der Waals surface area contributed by atoms with Crippen molar-refractivity contribution >= 4 is 94.7 Å². The Bertz CT molecular complexity index is 3870. The number of alkyl halides is 1. The van der Waals surface area contributed by atoms with Gasteiger partial charge in [0.1, 0.15) is 12.4 Å². The standard InChI is InChI=1S/C24H33N3O.C20H24ClNO.C20H25NO2.C12H15NO2.C8H9I.C4H9.Cl2OS.Li/c1-5-26(6-2)24(28)21-11-9-20(10-12-21)23(27-15-13-25-14-16-27)22-8-7-18(3)19(4)17-22;1-5-22(6-2)20(23)17-11-9-16(10-12-17)19(21)18-8-7-14(3)15(4)13-18;1-5-21(6-2)20(23)17-11-9-16(10-12-17)19(22)18-8-7-14(3)15(4)13-18;1-3-13(4-2)12(15)11-7-5-10(9-14)6-8-11;1-6-3-4-8(9)5-7(6)2;1-3-4-2;1-4(2)3;/h7-12,17,23,25H,5-6,13-16H2,1-4H3;7-13,19H,5-6H2,1-4H3;7-13,19,22H,5-6H2,1-4H3;5-9H,3-4H2,1-2H3;3-5H,1-2H3;1,3-4H2,2H3;;/q;;;;;-1;;+1. The van der Waals surface area contributed by atoms with Crippen molar-refractivity contribution in [2.45, 2.75) is 148 Å². The number of benzene rings is 8. The van der Waals surface area contributed by atoms with E-state index < -0.39 is 15.3 Å². The predicted molar refractivity (Wildman–Crippen MR) is 455 cm³/mol. The van der Waals surface area contributed by atoms with Gasteiger partial charge in [-0.1, -0.05) is 123 Å². The summed E-state index contributed by atoms with van der Waals surface area (Å²) in [7, 11) is 7.36. The van der Waals surface area contributed by atoms with Crippen molar-refractivity contribution in [3.8, 4) is 0 Å². The summed E-state index contributed by atoms with van der Waals surface area (Å²) in [4.78, 5) is 69.3. The van der Waals surface area contributed by atoms with Crippen LogP contribution in [0.5, 0.6) is 0 Å². The Hall–Kier alpha value is -6.46. The molecule has 1 aliphatic heterocycles. The molecule has 3 unspecified atom stereocenters. The van der Waals surface area contributed by atoms with Gasteiger partial charge in [-0.05, 0) is 272 Å². The van der Waals surface area contributed by atoms with Crippen LogP contribution in [0.4, 0.5) is 0 Å². The number of carbonyl (C=O) groups is 5. The summed E-state index contributed by atoms with van der Waals surface area (Å²) in [5.74, 6) is 0.222. The number of carbonyl (C=O) groups excluding carboxylic acids is 5. The van der Waals surface area contributed by atoms with Gasteiger partial charge in [-0.25, -0.2) is 4.21 Å². The molecule has 0 bridgehead atoms. The van der Waals surface area contributed by atoms with Crippen LogP contribution in [0.3, 0.4) is 0 Å². The number of hydrogen-bond acceptors (Lipinski definition) is 9. The predicted octanol–water partition coefficient (Wildman–Crippen LogP) is 17.3. The second kappa shape index (κ2) is 51.8. The zero-order valence-corrected chi connectivity index (χ0v) is 71.9. The maximum absolute atomic E-state index is 12.6. The third kappa shape index (κ3) is 31.8. The molecule has 1 heterocycles. The minimum Gasteiger partial charge on any atom is -0.384 e. The van der Waals surface area contributed by atoms with Crippen LogP contribution in [0.2, 0.25) is 0 Å². The third-order valence-corrected chi connectivity index (χ3v) is 19.9. The number of aldehydes is 1. The first-order chi connectivity index (χ1) is 50.6. The fourth-order valence-corrected chi connectivity index (χ4v) is 12.3. The summed E-state index contributed by atoms with van der Waals surface area (Å²) in [6, 6.07) is 55.6. The molecule has 9 rings (SSSR count). The topological polar surface area (TPSA) is 151 Å². The van der Waals surface area contributed by atoms with Crippen molar-refractivity contribution < 1.29 is 52.1 Å². The Morgan fingerprint density at radius 1 is 0.458 bits per heavy atom. The fourth-order valence-electron chi connectivity index (χ4n) is 11.3. The number of aryl methyl sites for hydroxylation is 8. The van der Waals surface area contributed by atoms with Gasteiger partial charge < -0.3 is 36.9 Å². The number of aliphatic hydroxyl groups excluding tert-OH is 1. The van der Waals surface area contributed by atoms with Crippen LogP contribution >= 0.6 is 55.6 Å². The van der Waals surface area contributed by atoms with E-state index in [0.29, 0.717) is 48.4 Å². The zero-order valence-electron chi connectivity index (χ0n) is 66.6. The maximum Gasteiger partial charge on any atom is 1.00 e. The van der Waals surface area contributed by atoms with E-state index in [1.165, 1.54) is 60.1 Å². The third-order valence-electron chi connectivity index (χ3n) is 18.7. The Balaban J connectivity index is 0.000000455. The number of nitrogens with one attached hydrogen (secondary N) is 1. The second-order valence-corrected chi connectivity index (χ2v) is 30.0. The average Bonchev–Trinajstić information content (AvgIpc) is 0.805. The first kappa shape index (κ1) is 96.6. The number of hydrogen-bond donors (Lipinski definition) is 2. The van der Waals surface area contributed by atoms with E-state index in [1.807, 2.05) is 139 Å². The van der Waals surface area contributed by atoms with E-state index in [4.69, 9.17) is 15.8 Å². The van der Waals surface area contributed by atoms with Crippen LogP contribution in [0.15, 0.2) is 170 Å². The average molecular weight is 1640 g/mol. The minimum absolute atomic E-state index is 0. The molecule has 4 amide bonds. The zero-order chi connectivity index (χ0) is 79.2. The van der Waals surface area contributed by atoms with Gasteiger partial charge in [0.05, 0.1) is 11.4 Å². The van der Waals surface area contributed by atoms with Gasteiger partial charge in [-0.15, -0.1) is 11.6 Å². The molecule has 107 heavy (non-hydrogen) atoms. The van der Waals surface area contributed by atoms with E-state index in [2.05, 4.69) is 183 Å². The molecular weight excluding hydrogens is 1530 g/mol. The summed E-state index contributed by atoms with van der Waals surface area (Å²) in [6.07, 6.45) is 2.37. The van der Waals surface area contributed by atoms with E-state index >= 15 is 0 Å². The van der Waals surface area contributed by atoms with Gasteiger partial charge in [0.2, 0.25) is 9.23 Å². The van der Waals surface area contributed by atoms with E-state index in [1.54, 1.807) is 46.2 Å². The van der Waals surface area contributed by atoms with E-state index in [9.17, 15) is 29.1 Å². The van der Waals surface area contributed by atoms with Crippen LogP contribution < -0.4 is 24.2 Å². The number of nitrogens with zero attached hydrogens (tertiary/aromatic N) is 5. The molecule has 0 saturated carbocycles. The van der Waals surface area contributed by atoms with Gasteiger partial charge in [0, 0.05) is 131 Å². The van der Waals surface area contributed by atoms with Crippen molar-refractivity contribution in [3.63, 3.8) is 0 Å². The number of unbranched alkanes of at least 4 members (excludes halogenated alkanes) is 1. The van der Waals surface area contributed by atoms with E-state index in [-0.39, 0.29) is 53.9 Å². The number of piperazine rings is 1. The molecule has 0 aromatic heterocycles. The summed E-state index contributed by atoms with van der Waals surface area (Å²) in [5, 5.41) is 13.8. The fraction of sp³-hybridized carbons (Fsp3) is 0.386. The van der Waals surface area contributed by atoms with Crippen LogP contribution in [0.25, 0.3) is 0 Å². The number of rotatable bonds is 21. The Kier molecular flexibility index (Phi) is 46.8. The van der Waals surface area contributed by atoms with Crippen LogP contribution in [-0.2, 0) is 9.23 Å². The molecule has 0 radical (unpaired) electrons. The molecule has 0 spiro atoms. The van der Waals surface area contributed by atoms with Crippen molar-refractivity contribution in [2.75, 3.05) is 78.5 Å². The number of aliphatic hydroxyl groups is 1. The van der Waals surface area contributed by atoms with Gasteiger partial charge in [-0.2, -0.15) is 6.42 Å². The Morgan fingerprint density at radius 2 is 0.738 bits per heavy atom. The smallest absolute Gasteiger partial charge is 0.384 e. The molecule has 1 fully saturated rings. The first-order valence-corrected chi connectivity index (χ1v) is 41.2. The Labute approximate surface area is 683 Å². The van der Waals surface area contributed by atoms with Crippen molar-refractivity contribution in [3.05, 3.63) is 286 Å². The Morgan fingerprint density at radius 3 is 1.06 bits per heavy atom. The van der Waals surface area contributed by atoms with E-state index in [0.717, 1.165) is 98.4 Å². The van der Waals surface area contributed by atoms with Crippen molar-refractivity contribution in [1.29, 1.82) is 0 Å². The van der Waals surface area contributed by atoms with Crippen LogP contribution in [0, 0.1) is 65.9 Å². The molecule has 1 aliphatic rings. The molecule has 8 aromatic carbocycles. The monoisotopic (exact) mass is 1640 g/mol. The molecule has 0 aliphatic carbocycles. The molecule has 3 atom stereocenters. The SMILES string of the molecule is CCN(CC)C(=O)c1ccc(C(Cl)c2ccc(C)c(C)c2)cc1.CCN(CC)C(=O)c1ccc(C(O)c2ccc(C)c(C)c2)cc1.CCN(CC)C(=O)c1ccc(C(c2ccc(C)c(C)c2)N2CCNCC2)cc1.CCN(CC)C(=O)c1ccc(C=O)cc1.Cc1ccc(I)cc1C.O=S(Cl)Cl.[CH2-]CCC.[Li+]. The summed E-state index contributed by atoms with van der Waals surface area (Å²) in [6.45, 7) is 48.3. The molecule has 2 N–H and O–H groups in total. The molecule has 19 heteroatoms. The summed E-state index contributed by atoms with van der Waals surface area (Å²) in [5.41, 5.74) is 20.0. The molecule has 1 saturated heterocycles. The van der Waals surface area contributed by atoms with Gasteiger partial charge in [0.15, 0.2) is 0 Å². The quantitative estimate of drug-likeness (QED) is 0.0179.